The van der Waals surface area contributed by atoms with Gasteiger partial charge in [-0.3, -0.25) is 9.69 Å². The van der Waals surface area contributed by atoms with Crippen LogP contribution >= 0.6 is 0 Å². The van der Waals surface area contributed by atoms with E-state index in [1.807, 2.05) is 11.0 Å². The van der Waals surface area contributed by atoms with Crippen LogP contribution in [0.5, 0.6) is 17.2 Å². The Bertz CT molecular complexity index is 1060. The molecule has 0 saturated carbocycles. The first-order valence-corrected chi connectivity index (χ1v) is 8.65. The van der Waals surface area contributed by atoms with E-state index in [4.69, 9.17) is 4.42 Å². The lowest BCUT2D eigenvalue weighted by Gasteiger charge is -2.18. The van der Waals surface area contributed by atoms with Gasteiger partial charge in [0.2, 0.25) is 5.75 Å². The van der Waals surface area contributed by atoms with Gasteiger partial charge in [-0.2, -0.15) is 0 Å². The lowest BCUT2D eigenvalue weighted by Crippen LogP contribution is -2.22. The van der Waals surface area contributed by atoms with Crippen LogP contribution in [0.3, 0.4) is 0 Å². The van der Waals surface area contributed by atoms with E-state index in [0.29, 0.717) is 30.8 Å². The summed E-state index contributed by atoms with van der Waals surface area (Å²) < 4.78 is 5.89. The molecule has 0 amide bonds. The second-order valence-electron chi connectivity index (χ2n) is 6.75. The molecule has 2 heterocycles. The Morgan fingerprint density at radius 2 is 1.81 bits per heavy atom. The number of likely N-dealkylation sites (tertiary alicyclic amines) is 1. The first-order chi connectivity index (χ1) is 13.0. The molecule has 1 atom stereocenters. The molecule has 1 fully saturated rings. The van der Waals surface area contributed by atoms with Gasteiger partial charge < -0.3 is 24.8 Å². The molecule has 140 valence electrons. The van der Waals surface area contributed by atoms with E-state index < -0.39 is 28.8 Å². The van der Waals surface area contributed by atoms with Gasteiger partial charge in [0.25, 0.3) is 0 Å². The summed E-state index contributed by atoms with van der Waals surface area (Å²) in [6.07, 6.45) is 0.137. The van der Waals surface area contributed by atoms with Crippen molar-refractivity contribution in [2.75, 3.05) is 13.1 Å². The molecular weight excluding hydrogens is 350 g/mol. The fourth-order valence-corrected chi connectivity index (χ4v) is 3.48. The number of hydrogen-bond donors (Lipinski definition) is 4. The smallest absolute Gasteiger partial charge is 0.201 e. The Morgan fingerprint density at radius 3 is 2.48 bits per heavy atom. The van der Waals surface area contributed by atoms with Crippen molar-refractivity contribution in [1.29, 1.82) is 0 Å². The quantitative estimate of drug-likeness (QED) is 0.523. The summed E-state index contributed by atoms with van der Waals surface area (Å²) in [5.74, 6) is -1.70. The van der Waals surface area contributed by atoms with Crippen LogP contribution in [0.15, 0.2) is 45.6 Å². The topological polar surface area (TPSA) is 114 Å². The molecule has 0 radical (unpaired) electrons. The molecule has 7 heteroatoms. The molecule has 1 aliphatic heterocycles. The summed E-state index contributed by atoms with van der Waals surface area (Å²) in [6, 6.07) is 10.2. The molecule has 0 aliphatic carbocycles. The predicted octanol–water partition coefficient (Wildman–Crippen LogP) is 2.14. The van der Waals surface area contributed by atoms with Crippen LogP contribution in [0.1, 0.15) is 12.0 Å². The van der Waals surface area contributed by atoms with Crippen LogP contribution in [0.25, 0.3) is 22.3 Å². The number of nitrogens with zero attached hydrogens (tertiary/aromatic N) is 1. The number of hydrogen-bond acceptors (Lipinski definition) is 7. The molecule has 1 unspecified atom stereocenters. The Hall–Kier alpha value is -3.03. The number of aliphatic hydroxyl groups is 1. The molecule has 4 rings (SSSR count). The second kappa shape index (κ2) is 6.61. The van der Waals surface area contributed by atoms with Gasteiger partial charge in [-0.15, -0.1) is 0 Å². The zero-order chi connectivity index (χ0) is 19.1. The van der Waals surface area contributed by atoms with Crippen LogP contribution in [-0.4, -0.2) is 44.5 Å². The van der Waals surface area contributed by atoms with E-state index in [1.54, 1.807) is 24.3 Å². The van der Waals surface area contributed by atoms with E-state index in [-0.39, 0.29) is 23.1 Å². The summed E-state index contributed by atoms with van der Waals surface area (Å²) in [6.45, 7) is 1.17. The summed E-state index contributed by atoms with van der Waals surface area (Å²) >= 11 is 0. The Balaban J connectivity index is 1.94. The van der Waals surface area contributed by atoms with Crippen molar-refractivity contribution in [3.05, 3.63) is 52.2 Å². The summed E-state index contributed by atoms with van der Waals surface area (Å²) in [5.41, 5.74) is 0.372. The fourth-order valence-electron chi connectivity index (χ4n) is 3.48. The van der Waals surface area contributed by atoms with Crippen LogP contribution in [0.4, 0.5) is 0 Å². The number of benzene rings is 2. The van der Waals surface area contributed by atoms with E-state index in [0.717, 1.165) is 0 Å². The van der Waals surface area contributed by atoms with Gasteiger partial charge in [-0.25, -0.2) is 0 Å². The third-order valence-electron chi connectivity index (χ3n) is 4.88. The van der Waals surface area contributed by atoms with Crippen molar-refractivity contribution in [2.24, 2.45) is 0 Å². The molecular formula is C20H19NO6. The number of phenols is 3. The maximum Gasteiger partial charge on any atom is 0.201 e. The highest BCUT2D eigenvalue weighted by molar-refractivity contribution is 5.92. The van der Waals surface area contributed by atoms with Crippen molar-refractivity contribution in [2.45, 2.75) is 19.1 Å². The summed E-state index contributed by atoms with van der Waals surface area (Å²) in [7, 11) is 0. The normalized spacial score (nSPS) is 17.6. The third kappa shape index (κ3) is 3.01. The van der Waals surface area contributed by atoms with Crippen LogP contribution in [0, 0.1) is 0 Å². The molecule has 4 N–H and O–H groups in total. The lowest BCUT2D eigenvalue weighted by molar-refractivity contribution is 0.174. The molecule has 3 aromatic rings. The number of aliphatic hydroxyl groups excluding tert-OH is 1. The zero-order valence-electron chi connectivity index (χ0n) is 14.4. The van der Waals surface area contributed by atoms with Crippen molar-refractivity contribution >= 4 is 11.0 Å². The van der Waals surface area contributed by atoms with Gasteiger partial charge in [0, 0.05) is 31.3 Å². The van der Waals surface area contributed by atoms with Crippen molar-refractivity contribution in [3.8, 4) is 28.6 Å². The van der Waals surface area contributed by atoms with E-state index in [2.05, 4.69) is 0 Å². The minimum absolute atomic E-state index is 0.0237. The van der Waals surface area contributed by atoms with Crippen molar-refractivity contribution in [1.82, 2.24) is 4.90 Å². The molecule has 1 aliphatic rings. The van der Waals surface area contributed by atoms with Gasteiger partial charge in [0.1, 0.15) is 11.1 Å². The lowest BCUT2D eigenvalue weighted by atomic mass is 10.0. The molecule has 0 spiro atoms. The van der Waals surface area contributed by atoms with Crippen LogP contribution in [-0.2, 0) is 6.54 Å². The molecule has 2 aromatic carbocycles. The Kier molecular flexibility index (Phi) is 4.25. The fraction of sp³-hybridized carbons (Fsp3) is 0.250. The van der Waals surface area contributed by atoms with Crippen LogP contribution in [0.2, 0.25) is 0 Å². The summed E-state index contributed by atoms with van der Waals surface area (Å²) in [4.78, 5) is 14.5. The standard InChI is InChI=1S/C20H19NO6/c22-12-6-7-21(9-12)10-13-17(24)19(26)18(25)16-14(23)8-15(27-20(13)16)11-4-2-1-3-5-11/h1-5,8,12,22,24-26H,6-7,9-10H2. The van der Waals surface area contributed by atoms with E-state index >= 15 is 0 Å². The first kappa shape index (κ1) is 17.4. The van der Waals surface area contributed by atoms with Gasteiger partial charge in [0.15, 0.2) is 22.5 Å². The largest absolute Gasteiger partial charge is 0.504 e. The molecule has 7 nitrogen and oxygen atoms in total. The molecule has 0 bridgehead atoms. The summed E-state index contributed by atoms with van der Waals surface area (Å²) in [5, 5.41) is 40.2. The number of β-amino-alcohol motifs (C(OH)–C–C–N with tert-alkyl or cyclic N) is 1. The molecule has 27 heavy (non-hydrogen) atoms. The number of phenolic OH excluding ortho intramolecular Hbond substituents is 3. The SMILES string of the molecule is O=c1cc(-c2ccccc2)oc2c(CN3CCC(O)C3)c(O)c(O)c(O)c12. The van der Waals surface area contributed by atoms with E-state index in [9.17, 15) is 25.2 Å². The van der Waals surface area contributed by atoms with Gasteiger partial charge in [-0.05, 0) is 6.42 Å². The average Bonchev–Trinajstić information content (AvgIpc) is 3.08. The number of fused-ring (bicyclic) bond motifs is 1. The highest BCUT2D eigenvalue weighted by Gasteiger charge is 2.27. The maximum atomic E-state index is 12.6. The maximum absolute atomic E-state index is 12.6. The second-order valence-corrected chi connectivity index (χ2v) is 6.75. The van der Waals surface area contributed by atoms with Crippen molar-refractivity contribution < 1.29 is 24.8 Å². The molecule has 1 saturated heterocycles. The highest BCUT2D eigenvalue weighted by Crippen LogP contribution is 2.44. The monoisotopic (exact) mass is 369 g/mol. The highest BCUT2D eigenvalue weighted by atomic mass is 16.3. The number of rotatable bonds is 3. The predicted molar refractivity (Wildman–Crippen MR) is 98.8 cm³/mol. The van der Waals surface area contributed by atoms with Gasteiger partial charge in [0.05, 0.1) is 11.7 Å². The van der Waals surface area contributed by atoms with Gasteiger partial charge in [-0.1, -0.05) is 30.3 Å². The third-order valence-corrected chi connectivity index (χ3v) is 4.88. The number of aromatic hydroxyl groups is 3. The first-order valence-electron chi connectivity index (χ1n) is 8.65. The zero-order valence-corrected chi connectivity index (χ0v) is 14.4. The minimum atomic E-state index is -0.753. The van der Waals surface area contributed by atoms with E-state index in [1.165, 1.54) is 6.07 Å². The average molecular weight is 369 g/mol. The van der Waals surface area contributed by atoms with Crippen molar-refractivity contribution in [3.63, 3.8) is 0 Å². The Labute approximate surface area is 154 Å². The Morgan fingerprint density at radius 1 is 1.07 bits per heavy atom. The van der Waals surface area contributed by atoms with Gasteiger partial charge >= 0.3 is 0 Å². The minimum Gasteiger partial charge on any atom is -0.504 e. The van der Waals surface area contributed by atoms with Crippen LogP contribution < -0.4 is 5.43 Å². The molecule has 1 aromatic heterocycles.